The Labute approximate surface area is 165 Å². The summed E-state index contributed by atoms with van der Waals surface area (Å²) in [5, 5.41) is 19.2. The number of nitrogens with one attached hydrogen (secondary N) is 2. The fourth-order valence-electron chi connectivity index (χ4n) is 4.19. The van der Waals surface area contributed by atoms with Crippen LogP contribution in [0.4, 0.5) is 4.79 Å². The molecule has 2 fully saturated rings. The van der Waals surface area contributed by atoms with Gasteiger partial charge >= 0.3 is 6.03 Å². The Hall–Kier alpha value is -1.60. The number of urea groups is 1. The molecule has 27 heavy (non-hydrogen) atoms. The largest absolute Gasteiger partial charge is 0.388 e. The third kappa shape index (κ3) is 4.46. The number of hydrogen-bond donors (Lipinski definition) is 3. The smallest absolute Gasteiger partial charge is 0.318 e. The predicted molar refractivity (Wildman–Crippen MR) is 107 cm³/mol. The lowest BCUT2D eigenvalue weighted by molar-refractivity contribution is -0.131. The number of carbonyl (C=O) groups excluding carboxylic acids is 2. The van der Waals surface area contributed by atoms with Crippen LogP contribution in [0.3, 0.4) is 0 Å². The molecule has 2 aliphatic rings. The lowest BCUT2D eigenvalue weighted by Gasteiger charge is -2.48. The summed E-state index contributed by atoms with van der Waals surface area (Å²) in [6.07, 6.45) is 4.40. The van der Waals surface area contributed by atoms with Gasteiger partial charge in [0.1, 0.15) is 0 Å². The lowest BCUT2D eigenvalue weighted by Crippen LogP contribution is -2.64. The maximum atomic E-state index is 12.8. The molecule has 7 heteroatoms. The number of nitrogens with zero attached hydrogens (tertiary/aromatic N) is 1. The molecule has 3 rings (SSSR count). The maximum Gasteiger partial charge on any atom is 0.318 e. The zero-order valence-corrected chi connectivity index (χ0v) is 17.2. The van der Waals surface area contributed by atoms with Gasteiger partial charge in [0.05, 0.1) is 17.7 Å². The van der Waals surface area contributed by atoms with Gasteiger partial charge in [0.2, 0.25) is 5.91 Å². The molecule has 1 saturated heterocycles. The van der Waals surface area contributed by atoms with Gasteiger partial charge in [-0.25, -0.2) is 4.79 Å². The summed E-state index contributed by atoms with van der Waals surface area (Å²) in [5.41, 5.74) is -1.07. The van der Waals surface area contributed by atoms with Crippen LogP contribution in [0, 0.1) is 5.92 Å². The summed E-state index contributed by atoms with van der Waals surface area (Å²) in [7, 11) is 0. The Bertz CT molecular complexity index is 653. The molecule has 1 aromatic heterocycles. The highest BCUT2D eigenvalue weighted by atomic mass is 32.1. The fraction of sp³-hybridized carbons (Fsp3) is 0.700. The van der Waals surface area contributed by atoms with E-state index in [0.717, 1.165) is 30.6 Å². The van der Waals surface area contributed by atoms with Crippen LogP contribution >= 0.6 is 11.3 Å². The molecule has 0 spiro atoms. The van der Waals surface area contributed by atoms with Crippen LogP contribution in [-0.4, -0.2) is 46.2 Å². The highest BCUT2D eigenvalue weighted by Gasteiger charge is 2.48. The van der Waals surface area contributed by atoms with Crippen LogP contribution in [0.1, 0.15) is 63.8 Å². The van der Waals surface area contributed by atoms with Crippen LogP contribution in [-0.2, 0) is 4.79 Å². The van der Waals surface area contributed by atoms with E-state index in [-0.39, 0.29) is 29.9 Å². The van der Waals surface area contributed by atoms with Gasteiger partial charge < -0.3 is 20.6 Å². The van der Waals surface area contributed by atoms with E-state index in [1.54, 1.807) is 23.2 Å². The third-order valence-corrected chi connectivity index (χ3v) is 6.65. The van der Waals surface area contributed by atoms with Crippen LogP contribution in [0.5, 0.6) is 0 Å². The summed E-state index contributed by atoms with van der Waals surface area (Å²) in [4.78, 5) is 28.4. The van der Waals surface area contributed by atoms with Crippen molar-refractivity contribution in [3.63, 3.8) is 0 Å². The highest BCUT2D eigenvalue weighted by Crippen LogP contribution is 2.39. The molecule has 3 amide bonds. The van der Waals surface area contributed by atoms with Crippen molar-refractivity contribution >= 4 is 23.3 Å². The fourth-order valence-corrected chi connectivity index (χ4v) is 5.06. The first-order chi connectivity index (χ1) is 12.8. The van der Waals surface area contributed by atoms with E-state index >= 15 is 0 Å². The SMILES string of the molecule is CC(C)NC(=O)N1CC[C@@](C)(O)[C@@H](NC(=O)C2CCCC2)[C@@H]1c1cccs1. The average molecular weight is 394 g/mol. The first-order valence-corrected chi connectivity index (χ1v) is 10.8. The number of thiophene rings is 1. The molecule has 0 aromatic carbocycles. The summed E-state index contributed by atoms with van der Waals surface area (Å²) >= 11 is 1.55. The minimum absolute atomic E-state index is 0.00505. The number of piperidine rings is 1. The van der Waals surface area contributed by atoms with E-state index in [1.807, 2.05) is 31.4 Å². The molecule has 1 aliphatic heterocycles. The van der Waals surface area contributed by atoms with Gasteiger partial charge in [-0.05, 0) is 51.5 Å². The van der Waals surface area contributed by atoms with Crippen molar-refractivity contribution in [3.8, 4) is 0 Å². The topological polar surface area (TPSA) is 81.7 Å². The first kappa shape index (κ1) is 20.1. The van der Waals surface area contributed by atoms with Gasteiger partial charge in [-0.2, -0.15) is 0 Å². The molecule has 0 bridgehead atoms. The summed E-state index contributed by atoms with van der Waals surface area (Å²) in [5.74, 6) is 0.0232. The van der Waals surface area contributed by atoms with Crippen LogP contribution < -0.4 is 10.6 Å². The second-order valence-corrected chi connectivity index (χ2v) is 9.31. The number of likely N-dealkylation sites (tertiary alicyclic amines) is 1. The molecule has 1 aromatic rings. The predicted octanol–water partition coefficient (Wildman–Crippen LogP) is 3.04. The molecule has 2 heterocycles. The molecule has 0 radical (unpaired) electrons. The van der Waals surface area contributed by atoms with E-state index in [9.17, 15) is 14.7 Å². The minimum Gasteiger partial charge on any atom is -0.388 e. The first-order valence-electron chi connectivity index (χ1n) is 9.93. The van der Waals surface area contributed by atoms with E-state index in [1.165, 1.54) is 0 Å². The maximum absolute atomic E-state index is 12.8. The third-order valence-electron chi connectivity index (χ3n) is 5.71. The Balaban J connectivity index is 1.89. The molecule has 150 valence electrons. The normalized spacial score (nSPS) is 29.1. The molecule has 3 N–H and O–H groups in total. The monoisotopic (exact) mass is 393 g/mol. The van der Waals surface area contributed by atoms with Crippen LogP contribution in [0.25, 0.3) is 0 Å². The Kier molecular flexibility index (Phi) is 6.11. The van der Waals surface area contributed by atoms with Gasteiger partial charge in [-0.1, -0.05) is 18.9 Å². The second kappa shape index (κ2) is 8.19. The summed E-state index contributed by atoms with van der Waals surface area (Å²) < 4.78 is 0. The van der Waals surface area contributed by atoms with Crippen molar-refractivity contribution in [1.29, 1.82) is 0 Å². The van der Waals surface area contributed by atoms with E-state index in [0.29, 0.717) is 13.0 Å². The van der Waals surface area contributed by atoms with E-state index in [2.05, 4.69) is 10.6 Å². The molecule has 1 aliphatic carbocycles. The van der Waals surface area contributed by atoms with Crippen molar-refractivity contribution in [2.24, 2.45) is 5.92 Å². The van der Waals surface area contributed by atoms with Crippen molar-refractivity contribution < 1.29 is 14.7 Å². The Morgan fingerprint density at radius 1 is 1.33 bits per heavy atom. The van der Waals surface area contributed by atoms with Crippen molar-refractivity contribution in [3.05, 3.63) is 22.4 Å². The van der Waals surface area contributed by atoms with Gasteiger partial charge in [0.25, 0.3) is 0 Å². The van der Waals surface area contributed by atoms with Crippen LogP contribution in [0.15, 0.2) is 17.5 Å². The second-order valence-electron chi connectivity index (χ2n) is 8.33. The quantitative estimate of drug-likeness (QED) is 0.735. The Morgan fingerprint density at radius 2 is 2.04 bits per heavy atom. The van der Waals surface area contributed by atoms with Gasteiger partial charge in [0.15, 0.2) is 0 Å². The summed E-state index contributed by atoms with van der Waals surface area (Å²) in [6, 6.07) is 2.88. The van der Waals surface area contributed by atoms with Gasteiger partial charge in [-0.3, -0.25) is 4.79 Å². The van der Waals surface area contributed by atoms with E-state index < -0.39 is 11.6 Å². The minimum atomic E-state index is -1.07. The van der Waals surface area contributed by atoms with E-state index in [4.69, 9.17) is 0 Å². The molecule has 1 saturated carbocycles. The number of hydrogen-bond acceptors (Lipinski definition) is 4. The van der Waals surface area contributed by atoms with Crippen LogP contribution in [0.2, 0.25) is 0 Å². The zero-order chi connectivity index (χ0) is 19.6. The number of rotatable bonds is 4. The van der Waals surface area contributed by atoms with Gasteiger partial charge in [0, 0.05) is 23.4 Å². The van der Waals surface area contributed by atoms with Gasteiger partial charge in [-0.15, -0.1) is 11.3 Å². The highest BCUT2D eigenvalue weighted by molar-refractivity contribution is 7.10. The standard InChI is InChI=1S/C20H31N3O3S/c1-13(2)21-19(25)23-11-10-20(3,26)17(16(23)15-9-6-12-27-15)22-18(24)14-7-4-5-8-14/h6,9,12-14,16-17,26H,4-5,7-8,10-11H2,1-3H3,(H,21,25)(H,22,24)/t16-,17-,20+/m0/s1. The van der Waals surface area contributed by atoms with Crippen molar-refractivity contribution in [2.75, 3.05) is 6.54 Å². The number of carbonyl (C=O) groups is 2. The molecular weight excluding hydrogens is 362 g/mol. The molecule has 0 unspecified atom stereocenters. The average Bonchev–Trinajstić information content (AvgIpc) is 3.29. The lowest BCUT2D eigenvalue weighted by atomic mass is 9.81. The molecule has 6 nitrogen and oxygen atoms in total. The molecule has 3 atom stereocenters. The number of aliphatic hydroxyl groups is 1. The Morgan fingerprint density at radius 3 is 2.63 bits per heavy atom. The van der Waals surface area contributed by atoms with Crippen molar-refractivity contribution in [1.82, 2.24) is 15.5 Å². The zero-order valence-electron chi connectivity index (χ0n) is 16.4. The molecular formula is C20H31N3O3S. The van der Waals surface area contributed by atoms with Crippen molar-refractivity contribution in [2.45, 2.75) is 76.6 Å². The number of amides is 3. The summed E-state index contributed by atoms with van der Waals surface area (Å²) in [6.45, 7) is 6.07.